The lowest BCUT2D eigenvalue weighted by molar-refractivity contribution is -0.116. The molecule has 3 rings (SSSR count). The van der Waals surface area contributed by atoms with Crippen molar-refractivity contribution in [2.24, 2.45) is 0 Å². The van der Waals surface area contributed by atoms with Crippen molar-refractivity contribution in [1.82, 2.24) is 0 Å². The lowest BCUT2D eigenvalue weighted by atomic mass is 10.1. The third-order valence-electron chi connectivity index (χ3n) is 4.02. The zero-order chi connectivity index (χ0) is 21.1. The van der Waals surface area contributed by atoms with E-state index >= 15 is 0 Å². The van der Waals surface area contributed by atoms with Crippen LogP contribution in [0.5, 0.6) is 5.75 Å². The first-order valence-corrected chi connectivity index (χ1v) is 10.8. The summed E-state index contributed by atoms with van der Waals surface area (Å²) < 4.78 is 64.9. The number of rotatable bonds is 7. The first-order chi connectivity index (χ1) is 13.7. The monoisotopic (exact) mass is 443 g/mol. The molecule has 1 N–H and O–H groups in total. The molecule has 0 bridgehead atoms. The molecule has 0 aliphatic rings. The second-order valence-electron chi connectivity index (χ2n) is 6.17. The molecule has 0 fully saturated rings. The van der Waals surface area contributed by atoms with Crippen molar-refractivity contribution >= 4 is 43.1 Å². The smallest absolute Gasteiger partial charge is 0.376 e. The van der Waals surface area contributed by atoms with Gasteiger partial charge in [0.25, 0.3) is 0 Å². The van der Waals surface area contributed by atoms with Gasteiger partial charge in [0.1, 0.15) is 5.75 Å². The van der Waals surface area contributed by atoms with Gasteiger partial charge in [-0.1, -0.05) is 18.2 Å². The van der Waals surface area contributed by atoms with Gasteiger partial charge < -0.3 is 9.50 Å². The number of carbonyl (C=O) groups excluding carboxylic acids is 1. The van der Waals surface area contributed by atoms with Crippen molar-refractivity contribution in [2.75, 3.05) is 5.32 Å². The van der Waals surface area contributed by atoms with Gasteiger partial charge in [-0.25, -0.2) is 0 Å². The zero-order valence-electron chi connectivity index (χ0n) is 14.9. The van der Waals surface area contributed by atoms with Gasteiger partial charge in [0.15, 0.2) is 0 Å². The summed E-state index contributed by atoms with van der Waals surface area (Å²) in [6.45, 7) is 0. The molecule has 0 saturated heterocycles. The van der Waals surface area contributed by atoms with E-state index in [1.165, 1.54) is 29.5 Å². The van der Waals surface area contributed by atoms with E-state index in [2.05, 4.69) is 9.50 Å². The number of para-hydroxylation sites is 1. The second kappa shape index (κ2) is 8.42. The minimum absolute atomic E-state index is 0.143. The summed E-state index contributed by atoms with van der Waals surface area (Å²) in [5, 5.41) is 5.22. The maximum absolute atomic E-state index is 12.5. The van der Waals surface area contributed by atoms with Gasteiger partial charge in [-0.15, -0.1) is 11.3 Å². The van der Waals surface area contributed by atoms with Gasteiger partial charge in [0, 0.05) is 16.8 Å². The molecule has 0 spiro atoms. The molecule has 0 aliphatic carbocycles. The molecule has 2 aromatic carbocycles. The standard InChI is InChI=1S/C19H16F3NO4S2/c20-19(21,22)29(25,26)27-15-9-10-17-16(11-15)13(12-28-17)5-4-8-18(24)23-14-6-2-1-3-7-14/h1-3,6-7,9-12H,4-5,8H2,(H,23,24). The van der Waals surface area contributed by atoms with Crippen molar-refractivity contribution in [3.8, 4) is 5.75 Å². The van der Waals surface area contributed by atoms with Crippen molar-refractivity contribution in [2.45, 2.75) is 24.8 Å². The van der Waals surface area contributed by atoms with Crippen LogP contribution in [-0.4, -0.2) is 19.8 Å². The predicted octanol–water partition coefficient (Wildman–Crippen LogP) is 5.09. The molecular formula is C19H16F3NO4S2. The van der Waals surface area contributed by atoms with Crippen LogP contribution in [0.2, 0.25) is 0 Å². The Labute approximate surface area is 169 Å². The molecule has 0 radical (unpaired) electrons. The molecule has 1 aromatic heterocycles. The van der Waals surface area contributed by atoms with E-state index in [0.717, 1.165) is 10.3 Å². The highest BCUT2D eigenvalue weighted by Gasteiger charge is 2.48. The number of fused-ring (bicyclic) bond motifs is 1. The Bertz CT molecular complexity index is 1110. The highest BCUT2D eigenvalue weighted by molar-refractivity contribution is 7.88. The van der Waals surface area contributed by atoms with E-state index in [0.29, 0.717) is 23.9 Å². The Hall–Kier alpha value is -2.59. The van der Waals surface area contributed by atoms with E-state index < -0.39 is 21.4 Å². The molecule has 154 valence electrons. The first-order valence-electron chi connectivity index (χ1n) is 8.51. The average Bonchev–Trinajstić information content (AvgIpc) is 3.04. The molecule has 0 unspecified atom stereocenters. The van der Waals surface area contributed by atoms with Crippen LogP contribution in [0.3, 0.4) is 0 Å². The number of alkyl halides is 3. The number of hydrogen-bond acceptors (Lipinski definition) is 5. The molecule has 3 aromatic rings. The van der Waals surface area contributed by atoms with Gasteiger partial charge in [0.2, 0.25) is 5.91 Å². The fourth-order valence-corrected chi connectivity index (χ4v) is 4.09. The van der Waals surface area contributed by atoms with E-state index in [1.807, 2.05) is 23.6 Å². The molecule has 1 heterocycles. The van der Waals surface area contributed by atoms with Crippen molar-refractivity contribution in [3.05, 3.63) is 59.5 Å². The molecule has 29 heavy (non-hydrogen) atoms. The van der Waals surface area contributed by atoms with Gasteiger partial charge in [0.05, 0.1) is 0 Å². The second-order valence-corrected chi connectivity index (χ2v) is 8.62. The third-order valence-corrected chi connectivity index (χ3v) is 6.01. The Kier molecular flexibility index (Phi) is 6.13. The highest BCUT2D eigenvalue weighted by atomic mass is 32.2. The van der Waals surface area contributed by atoms with Gasteiger partial charge in [-0.3, -0.25) is 4.79 Å². The molecule has 10 heteroatoms. The van der Waals surface area contributed by atoms with Crippen LogP contribution in [0.15, 0.2) is 53.9 Å². The SMILES string of the molecule is O=C(CCCc1csc2ccc(OS(=O)(=O)C(F)(F)F)cc12)Nc1ccccc1. The average molecular weight is 443 g/mol. The normalized spacial score (nSPS) is 12.1. The van der Waals surface area contributed by atoms with Crippen LogP contribution in [0.1, 0.15) is 18.4 Å². The maximum Gasteiger partial charge on any atom is 0.534 e. The minimum Gasteiger partial charge on any atom is -0.376 e. The summed E-state index contributed by atoms with van der Waals surface area (Å²) in [5.41, 5.74) is -3.98. The Morgan fingerprint density at radius 2 is 1.83 bits per heavy atom. The third kappa shape index (κ3) is 5.27. The number of anilines is 1. The number of nitrogens with one attached hydrogen (secondary N) is 1. The Morgan fingerprint density at radius 3 is 2.52 bits per heavy atom. The summed E-state index contributed by atoms with van der Waals surface area (Å²) in [6, 6.07) is 13.0. The van der Waals surface area contributed by atoms with Crippen LogP contribution in [0.4, 0.5) is 18.9 Å². The minimum atomic E-state index is -5.72. The Morgan fingerprint density at radius 1 is 1.10 bits per heavy atom. The summed E-state index contributed by atoms with van der Waals surface area (Å²) in [7, 11) is -5.72. The topological polar surface area (TPSA) is 72.5 Å². The van der Waals surface area contributed by atoms with Gasteiger partial charge >= 0.3 is 15.6 Å². The van der Waals surface area contributed by atoms with Gasteiger partial charge in [-0.2, -0.15) is 21.6 Å². The molecule has 5 nitrogen and oxygen atoms in total. The Balaban J connectivity index is 1.65. The number of hydrogen-bond donors (Lipinski definition) is 1. The number of thiophene rings is 1. The van der Waals surface area contributed by atoms with Crippen molar-refractivity contribution in [3.63, 3.8) is 0 Å². The largest absolute Gasteiger partial charge is 0.534 e. The van der Waals surface area contributed by atoms with Gasteiger partial charge in [-0.05, 0) is 59.5 Å². The number of halogens is 3. The fraction of sp³-hybridized carbons (Fsp3) is 0.211. The van der Waals surface area contributed by atoms with Crippen LogP contribution in [0, 0.1) is 0 Å². The summed E-state index contributed by atoms with van der Waals surface area (Å²) in [4.78, 5) is 12.0. The molecule has 0 saturated carbocycles. The van der Waals surface area contributed by atoms with Crippen LogP contribution in [-0.2, 0) is 21.3 Å². The van der Waals surface area contributed by atoms with Crippen LogP contribution < -0.4 is 9.50 Å². The number of amides is 1. The highest BCUT2D eigenvalue weighted by Crippen LogP contribution is 2.33. The number of aryl methyl sites for hydroxylation is 1. The summed E-state index contributed by atoms with van der Waals surface area (Å²) in [6.07, 6.45) is 1.30. The predicted molar refractivity (Wildman–Crippen MR) is 105 cm³/mol. The fourth-order valence-electron chi connectivity index (χ4n) is 2.66. The van der Waals surface area contributed by atoms with E-state index in [4.69, 9.17) is 0 Å². The van der Waals surface area contributed by atoms with E-state index in [1.54, 1.807) is 12.1 Å². The molecule has 1 amide bonds. The molecular weight excluding hydrogens is 427 g/mol. The van der Waals surface area contributed by atoms with Crippen molar-refractivity contribution in [1.29, 1.82) is 0 Å². The quantitative estimate of drug-likeness (QED) is 0.408. The molecule has 0 atom stereocenters. The lowest BCUT2D eigenvalue weighted by Crippen LogP contribution is -2.28. The summed E-state index contributed by atoms with van der Waals surface area (Å²) >= 11 is 1.38. The van der Waals surface area contributed by atoms with Crippen molar-refractivity contribution < 1.29 is 30.6 Å². The maximum atomic E-state index is 12.5. The van der Waals surface area contributed by atoms with Crippen LogP contribution in [0.25, 0.3) is 10.1 Å². The zero-order valence-corrected chi connectivity index (χ0v) is 16.5. The first kappa shape index (κ1) is 21.1. The van der Waals surface area contributed by atoms with E-state index in [-0.39, 0.29) is 12.3 Å². The van der Waals surface area contributed by atoms with Crippen LogP contribution >= 0.6 is 11.3 Å². The number of benzene rings is 2. The van der Waals surface area contributed by atoms with E-state index in [9.17, 15) is 26.4 Å². The number of carbonyl (C=O) groups is 1. The molecule has 0 aliphatic heterocycles. The summed E-state index contributed by atoms with van der Waals surface area (Å²) in [5.74, 6) is -0.549. The lowest BCUT2D eigenvalue weighted by Gasteiger charge is -2.09.